The monoisotopic (exact) mass is 341 g/mol. The first-order chi connectivity index (χ1) is 11.5. The molecule has 4 rings (SSSR count). The number of aromatic amines is 1. The lowest BCUT2D eigenvalue weighted by Gasteiger charge is -2.20. The maximum Gasteiger partial charge on any atom is 0.265 e. The van der Waals surface area contributed by atoms with Crippen molar-refractivity contribution in [3.8, 4) is 0 Å². The summed E-state index contributed by atoms with van der Waals surface area (Å²) in [6.45, 7) is 2.24. The number of benzene rings is 1. The second-order valence-corrected chi connectivity index (χ2v) is 7.66. The maximum atomic E-state index is 13.2. The SMILES string of the molecule is Cc1cnc2c(c1)N(S(=O)(=O)c1cccc3c(=O)[nH]ccc13)CC2. The van der Waals surface area contributed by atoms with Gasteiger partial charge in [-0.3, -0.25) is 14.1 Å². The van der Waals surface area contributed by atoms with Crippen molar-refractivity contribution >= 4 is 26.5 Å². The zero-order valence-corrected chi connectivity index (χ0v) is 13.8. The molecule has 0 radical (unpaired) electrons. The summed E-state index contributed by atoms with van der Waals surface area (Å²) in [6, 6.07) is 8.21. The fourth-order valence-electron chi connectivity index (χ4n) is 3.10. The van der Waals surface area contributed by atoms with E-state index in [1.807, 2.05) is 13.0 Å². The number of hydrogen-bond donors (Lipinski definition) is 1. The highest BCUT2D eigenvalue weighted by Gasteiger charge is 2.32. The Balaban J connectivity index is 1.94. The molecule has 0 aliphatic carbocycles. The number of H-pyrrole nitrogens is 1. The van der Waals surface area contributed by atoms with Crippen molar-refractivity contribution in [2.75, 3.05) is 10.8 Å². The minimum absolute atomic E-state index is 0.139. The molecule has 0 spiro atoms. The molecule has 1 aromatic carbocycles. The zero-order chi connectivity index (χ0) is 16.9. The van der Waals surface area contributed by atoms with Crippen molar-refractivity contribution in [2.24, 2.45) is 0 Å². The van der Waals surface area contributed by atoms with E-state index in [9.17, 15) is 13.2 Å². The van der Waals surface area contributed by atoms with Gasteiger partial charge in [0.15, 0.2) is 0 Å². The summed E-state index contributed by atoms with van der Waals surface area (Å²) in [6.07, 6.45) is 3.79. The molecule has 0 saturated heterocycles. The molecule has 0 bridgehead atoms. The largest absolute Gasteiger partial charge is 0.329 e. The molecular formula is C17H15N3O3S. The molecule has 0 saturated carbocycles. The van der Waals surface area contributed by atoms with E-state index in [4.69, 9.17) is 0 Å². The Morgan fingerprint density at radius 3 is 2.88 bits per heavy atom. The van der Waals surface area contributed by atoms with Crippen molar-refractivity contribution < 1.29 is 8.42 Å². The summed E-state index contributed by atoms with van der Waals surface area (Å²) < 4.78 is 27.8. The molecule has 122 valence electrons. The third-order valence-corrected chi connectivity index (χ3v) is 6.12. The van der Waals surface area contributed by atoms with Crippen LogP contribution in [0.1, 0.15) is 11.3 Å². The van der Waals surface area contributed by atoms with Crippen LogP contribution in [0.4, 0.5) is 5.69 Å². The number of fused-ring (bicyclic) bond motifs is 2. The molecule has 3 heterocycles. The lowest BCUT2D eigenvalue weighted by molar-refractivity contribution is 0.593. The van der Waals surface area contributed by atoms with Crippen molar-refractivity contribution in [3.05, 3.63) is 64.3 Å². The fourth-order valence-corrected chi connectivity index (χ4v) is 4.80. The van der Waals surface area contributed by atoms with Crippen LogP contribution < -0.4 is 9.86 Å². The van der Waals surface area contributed by atoms with Crippen LogP contribution in [0.15, 0.2) is 52.4 Å². The number of aromatic nitrogens is 2. The Morgan fingerprint density at radius 2 is 2.04 bits per heavy atom. The normalized spacial score (nSPS) is 14.1. The number of hydrogen-bond acceptors (Lipinski definition) is 4. The molecule has 24 heavy (non-hydrogen) atoms. The smallest absolute Gasteiger partial charge is 0.265 e. The Hall–Kier alpha value is -2.67. The Morgan fingerprint density at radius 1 is 1.21 bits per heavy atom. The topological polar surface area (TPSA) is 83.1 Å². The Bertz CT molecular complexity index is 1120. The van der Waals surface area contributed by atoms with Crippen LogP contribution in [0.2, 0.25) is 0 Å². The first kappa shape index (κ1) is 14.9. The highest BCUT2D eigenvalue weighted by Crippen LogP contribution is 2.34. The van der Waals surface area contributed by atoms with E-state index in [2.05, 4.69) is 9.97 Å². The number of nitrogens with zero attached hydrogens (tertiary/aromatic N) is 2. The van der Waals surface area contributed by atoms with Gasteiger partial charge in [-0.15, -0.1) is 0 Å². The molecule has 1 N–H and O–H groups in total. The molecule has 6 nitrogen and oxygen atoms in total. The quantitative estimate of drug-likeness (QED) is 0.772. The zero-order valence-electron chi connectivity index (χ0n) is 13.0. The summed E-state index contributed by atoms with van der Waals surface area (Å²) >= 11 is 0. The Kier molecular flexibility index (Phi) is 3.21. The first-order valence-corrected chi connectivity index (χ1v) is 9.01. The van der Waals surface area contributed by atoms with Gasteiger partial charge in [0.2, 0.25) is 0 Å². The van der Waals surface area contributed by atoms with Gasteiger partial charge in [0.25, 0.3) is 15.6 Å². The van der Waals surface area contributed by atoms with Gasteiger partial charge in [0.1, 0.15) is 0 Å². The van der Waals surface area contributed by atoms with E-state index in [1.54, 1.807) is 30.5 Å². The predicted octanol–water partition coefficient (Wildman–Crippen LogP) is 1.98. The van der Waals surface area contributed by atoms with Crippen LogP contribution in [-0.2, 0) is 16.4 Å². The number of nitrogens with one attached hydrogen (secondary N) is 1. The number of rotatable bonds is 2. The highest BCUT2D eigenvalue weighted by molar-refractivity contribution is 7.93. The van der Waals surface area contributed by atoms with Crippen molar-refractivity contribution in [1.29, 1.82) is 0 Å². The maximum absolute atomic E-state index is 13.2. The van der Waals surface area contributed by atoms with E-state index in [-0.39, 0.29) is 10.5 Å². The van der Waals surface area contributed by atoms with Gasteiger partial charge in [-0.2, -0.15) is 0 Å². The van der Waals surface area contributed by atoms with Crippen LogP contribution in [-0.4, -0.2) is 24.9 Å². The van der Waals surface area contributed by atoms with Crippen LogP contribution in [0.5, 0.6) is 0 Å². The standard InChI is InChI=1S/C17H15N3O3S/c1-11-9-15-14(19-10-11)6-8-20(15)24(22,23)16-4-2-3-13-12(16)5-7-18-17(13)21/h2-5,7,9-10H,6,8H2,1H3,(H,18,21). The Labute approximate surface area is 138 Å². The van der Waals surface area contributed by atoms with Gasteiger partial charge in [-0.25, -0.2) is 8.42 Å². The molecule has 0 fully saturated rings. The second kappa shape index (κ2) is 5.17. The van der Waals surface area contributed by atoms with Gasteiger partial charge in [-0.1, -0.05) is 6.07 Å². The molecule has 7 heteroatoms. The van der Waals surface area contributed by atoms with Crippen LogP contribution in [0, 0.1) is 6.92 Å². The highest BCUT2D eigenvalue weighted by atomic mass is 32.2. The summed E-state index contributed by atoms with van der Waals surface area (Å²) in [5, 5.41) is 0.788. The number of aryl methyl sites for hydroxylation is 1. The van der Waals surface area contributed by atoms with E-state index in [1.165, 1.54) is 10.5 Å². The summed E-state index contributed by atoms with van der Waals surface area (Å²) in [5.41, 5.74) is 2.01. The lowest BCUT2D eigenvalue weighted by atomic mass is 10.2. The minimum atomic E-state index is -3.77. The fraction of sp³-hybridized carbons (Fsp3) is 0.176. The van der Waals surface area contributed by atoms with Crippen LogP contribution in [0.3, 0.4) is 0 Å². The lowest BCUT2D eigenvalue weighted by Crippen LogP contribution is -2.29. The van der Waals surface area contributed by atoms with Crippen molar-refractivity contribution in [2.45, 2.75) is 18.2 Å². The average Bonchev–Trinajstić information content (AvgIpc) is 2.98. The minimum Gasteiger partial charge on any atom is -0.329 e. The molecule has 3 aromatic rings. The number of pyridine rings is 2. The van der Waals surface area contributed by atoms with Gasteiger partial charge in [0.05, 0.1) is 16.3 Å². The average molecular weight is 341 g/mol. The molecule has 1 aliphatic heterocycles. The van der Waals surface area contributed by atoms with E-state index >= 15 is 0 Å². The third-order valence-electron chi connectivity index (χ3n) is 4.25. The van der Waals surface area contributed by atoms with E-state index in [0.29, 0.717) is 29.4 Å². The van der Waals surface area contributed by atoms with E-state index in [0.717, 1.165) is 11.3 Å². The first-order valence-electron chi connectivity index (χ1n) is 7.57. The van der Waals surface area contributed by atoms with Gasteiger partial charge in [0, 0.05) is 36.1 Å². The number of anilines is 1. The molecule has 2 aromatic heterocycles. The summed E-state index contributed by atoms with van der Waals surface area (Å²) in [7, 11) is -3.77. The molecule has 0 amide bonds. The van der Waals surface area contributed by atoms with Crippen molar-refractivity contribution in [3.63, 3.8) is 0 Å². The molecule has 1 aliphatic rings. The van der Waals surface area contributed by atoms with Crippen molar-refractivity contribution in [1.82, 2.24) is 9.97 Å². The van der Waals surface area contributed by atoms with Gasteiger partial charge in [-0.05, 0) is 36.8 Å². The number of sulfonamides is 1. The molecule has 0 atom stereocenters. The van der Waals surface area contributed by atoms with Crippen LogP contribution in [0.25, 0.3) is 10.8 Å². The van der Waals surface area contributed by atoms with Gasteiger partial charge < -0.3 is 4.98 Å². The third kappa shape index (κ3) is 2.12. The second-order valence-electron chi connectivity index (χ2n) is 5.83. The molecule has 0 unspecified atom stereocenters. The predicted molar refractivity (Wildman–Crippen MR) is 91.8 cm³/mol. The van der Waals surface area contributed by atoms with Gasteiger partial charge >= 0.3 is 0 Å². The summed E-state index contributed by atoms with van der Waals surface area (Å²) in [5.74, 6) is 0. The van der Waals surface area contributed by atoms with Crippen LogP contribution >= 0.6 is 0 Å². The van der Waals surface area contributed by atoms with E-state index < -0.39 is 10.0 Å². The summed E-state index contributed by atoms with van der Waals surface area (Å²) in [4.78, 5) is 19.0. The molecular weight excluding hydrogens is 326 g/mol.